The number of fused-ring (bicyclic) bond motifs is 5. The van der Waals surface area contributed by atoms with E-state index in [1.807, 2.05) is 11.3 Å². The maximum absolute atomic E-state index is 2.44. The number of aromatic nitrogens is 1. The van der Waals surface area contributed by atoms with Crippen LogP contribution in [0.4, 0.5) is 0 Å². The van der Waals surface area contributed by atoms with Crippen LogP contribution >= 0.6 is 11.3 Å². The molecule has 0 atom stereocenters. The Morgan fingerprint density at radius 3 is 2.55 bits per heavy atom. The van der Waals surface area contributed by atoms with E-state index in [0.717, 1.165) is 6.42 Å². The van der Waals surface area contributed by atoms with Crippen molar-refractivity contribution in [2.24, 2.45) is 0 Å². The van der Waals surface area contributed by atoms with Crippen LogP contribution in [0.25, 0.3) is 27.8 Å². The minimum Gasteiger partial charge on any atom is -0.309 e. The van der Waals surface area contributed by atoms with E-state index < -0.39 is 0 Å². The highest BCUT2D eigenvalue weighted by molar-refractivity contribution is 7.10. The van der Waals surface area contributed by atoms with Gasteiger partial charge in [0, 0.05) is 21.5 Å². The summed E-state index contributed by atoms with van der Waals surface area (Å²) in [5.74, 6) is 0. The number of thiophene rings is 1. The Bertz CT molecular complexity index is 976. The van der Waals surface area contributed by atoms with Gasteiger partial charge in [0.1, 0.15) is 0 Å². The molecule has 2 heterocycles. The van der Waals surface area contributed by atoms with Crippen molar-refractivity contribution >= 4 is 22.2 Å². The number of nitrogens with zero attached hydrogens (tertiary/aromatic N) is 1. The van der Waals surface area contributed by atoms with E-state index in [4.69, 9.17) is 0 Å². The summed E-state index contributed by atoms with van der Waals surface area (Å²) in [5, 5.41) is 3.63. The Kier molecular flexibility index (Phi) is 2.55. The van der Waals surface area contributed by atoms with E-state index in [1.165, 1.54) is 44.7 Å². The SMILES string of the molecule is c1ccc(-n2c3c(c4ccccc42)CCc2sccc2-3)cc1. The van der Waals surface area contributed by atoms with Gasteiger partial charge in [0.25, 0.3) is 0 Å². The predicted molar refractivity (Wildman–Crippen MR) is 94.0 cm³/mol. The lowest BCUT2D eigenvalue weighted by molar-refractivity contribution is 0.955. The lowest BCUT2D eigenvalue weighted by Gasteiger charge is -2.17. The summed E-state index contributed by atoms with van der Waals surface area (Å²) in [7, 11) is 0. The van der Waals surface area contributed by atoms with Gasteiger partial charge in [0.15, 0.2) is 0 Å². The molecule has 2 heteroatoms. The monoisotopic (exact) mass is 301 g/mol. The first-order valence-electron chi connectivity index (χ1n) is 7.68. The molecule has 0 radical (unpaired) electrons. The molecule has 2 aromatic heterocycles. The van der Waals surface area contributed by atoms with E-state index in [0.29, 0.717) is 0 Å². The number of hydrogen-bond acceptors (Lipinski definition) is 1. The second-order valence-corrected chi connectivity index (χ2v) is 6.77. The molecule has 1 nitrogen and oxygen atoms in total. The smallest absolute Gasteiger partial charge is 0.0584 e. The minimum atomic E-state index is 1.14. The Morgan fingerprint density at radius 1 is 0.818 bits per heavy atom. The van der Waals surface area contributed by atoms with Crippen LogP contribution in [-0.2, 0) is 12.8 Å². The molecule has 0 spiro atoms. The molecule has 0 saturated heterocycles. The van der Waals surface area contributed by atoms with E-state index >= 15 is 0 Å². The number of benzene rings is 2. The molecule has 0 bridgehead atoms. The fraction of sp³-hybridized carbons (Fsp3) is 0.100. The maximum atomic E-state index is 2.44. The third-order valence-corrected chi connectivity index (χ3v) is 5.58. The molecule has 1 aliphatic rings. The van der Waals surface area contributed by atoms with Crippen LogP contribution in [0.5, 0.6) is 0 Å². The Balaban J connectivity index is 1.96. The molecule has 0 saturated carbocycles. The van der Waals surface area contributed by atoms with Gasteiger partial charge < -0.3 is 4.57 Å². The van der Waals surface area contributed by atoms with Crippen LogP contribution in [0.2, 0.25) is 0 Å². The third kappa shape index (κ3) is 1.59. The Morgan fingerprint density at radius 2 is 1.64 bits per heavy atom. The van der Waals surface area contributed by atoms with Crippen molar-refractivity contribution in [1.29, 1.82) is 0 Å². The molecular weight excluding hydrogens is 286 g/mol. The van der Waals surface area contributed by atoms with Gasteiger partial charge in [0.2, 0.25) is 0 Å². The van der Waals surface area contributed by atoms with Gasteiger partial charge in [-0.25, -0.2) is 0 Å². The van der Waals surface area contributed by atoms with Crippen LogP contribution in [-0.4, -0.2) is 4.57 Å². The fourth-order valence-corrected chi connectivity index (χ4v) is 4.55. The normalized spacial score (nSPS) is 13.1. The molecule has 0 unspecified atom stereocenters. The van der Waals surface area contributed by atoms with Gasteiger partial charge in [-0.1, -0.05) is 36.4 Å². The lowest BCUT2D eigenvalue weighted by atomic mass is 9.95. The Hall–Kier alpha value is -2.32. The molecule has 106 valence electrons. The van der Waals surface area contributed by atoms with Crippen molar-refractivity contribution in [3.8, 4) is 16.9 Å². The summed E-state index contributed by atoms with van der Waals surface area (Å²) in [6, 6.07) is 21.8. The highest BCUT2D eigenvalue weighted by Crippen LogP contribution is 2.43. The second kappa shape index (κ2) is 4.59. The number of para-hydroxylation sites is 2. The standard InChI is InChI=1S/C20H15NS/c1-2-6-14(7-3-1)21-18-9-5-4-8-15(18)16-10-11-19-17(20(16)21)12-13-22-19/h1-9,12-13H,10-11H2. The topological polar surface area (TPSA) is 4.93 Å². The zero-order valence-electron chi connectivity index (χ0n) is 12.1. The minimum absolute atomic E-state index is 1.14. The molecule has 4 aromatic rings. The summed E-state index contributed by atoms with van der Waals surface area (Å²) in [4.78, 5) is 1.52. The van der Waals surface area contributed by atoms with E-state index in [2.05, 4.69) is 70.6 Å². The zero-order chi connectivity index (χ0) is 14.5. The fourth-order valence-electron chi connectivity index (χ4n) is 3.67. The quantitative estimate of drug-likeness (QED) is 0.440. The summed E-state index contributed by atoms with van der Waals surface area (Å²) in [5.41, 5.74) is 6.89. The summed E-state index contributed by atoms with van der Waals surface area (Å²) < 4.78 is 2.44. The highest BCUT2D eigenvalue weighted by atomic mass is 32.1. The van der Waals surface area contributed by atoms with Gasteiger partial charge in [0.05, 0.1) is 11.2 Å². The van der Waals surface area contributed by atoms with Crippen molar-refractivity contribution in [2.75, 3.05) is 0 Å². The van der Waals surface area contributed by atoms with Crippen molar-refractivity contribution in [1.82, 2.24) is 4.57 Å². The van der Waals surface area contributed by atoms with Crippen LogP contribution in [0.1, 0.15) is 10.4 Å². The largest absolute Gasteiger partial charge is 0.309 e. The third-order valence-electron chi connectivity index (χ3n) is 4.60. The van der Waals surface area contributed by atoms with Crippen molar-refractivity contribution in [2.45, 2.75) is 12.8 Å². The molecule has 5 rings (SSSR count). The molecule has 0 amide bonds. The first-order chi connectivity index (χ1) is 10.9. The number of aryl methyl sites for hydroxylation is 2. The van der Waals surface area contributed by atoms with E-state index in [-0.39, 0.29) is 0 Å². The summed E-state index contributed by atoms with van der Waals surface area (Å²) >= 11 is 1.89. The first-order valence-corrected chi connectivity index (χ1v) is 8.56. The van der Waals surface area contributed by atoms with Gasteiger partial charge in [-0.05, 0) is 48.1 Å². The second-order valence-electron chi connectivity index (χ2n) is 5.77. The molecule has 1 aliphatic carbocycles. The zero-order valence-corrected chi connectivity index (χ0v) is 12.9. The van der Waals surface area contributed by atoms with Gasteiger partial charge in [-0.2, -0.15) is 0 Å². The van der Waals surface area contributed by atoms with Crippen LogP contribution in [0, 0.1) is 0 Å². The maximum Gasteiger partial charge on any atom is 0.0584 e. The molecule has 22 heavy (non-hydrogen) atoms. The molecule has 0 fully saturated rings. The molecule has 0 aliphatic heterocycles. The van der Waals surface area contributed by atoms with Crippen LogP contribution in [0.15, 0.2) is 66.0 Å². The van der Waals surface area contributed by atoms with E-state index in [1.54, 1.807) is 0 Å². The molecule has 2 aromatic carbocycles. The molecular formula is C20H15NS. The van der Waals surface area contributed by atoms with Gasteiger partial charge >= 0.3 is 0 Å². The van der Waals surface area contributed by atoms with Crippen LogP contribution in [0.3, 0.4) is 0 Å². The number of hydrogen-bond donors (Lipinski definition) is 0. The Labute approximate surface area is 133 Å². The van der Waals surface area contributed by atoms with Crippen molar-refractivity contribution in [3.05, 3.63) is 76.5 Å². The number of rotatable bonds is 1. The van der Waals surface area contributed by atoms with Gasteiger partial charge in [-0.3, -0.25) is 0 Å². The highest BCUT2D eigenvalue weighted by Gasteiger charge is 2.25. The first kappa shape index (κ1) is 12.2. The molecule has 0 N–H and O–H groups in total. The average molecular weight is 301 g/mol. The van der Waals surface area contributed by atoms with Crippen LogP contribution < -0.4 is 0 Å². The lowest BCUT2D eigenvalue weighted by Crippen LogP contribution is -2.04. The summed E-state index contributed by atoms with van der Waals surface area (Å²) in [6.07, 6.45) is 2.31. The van der Waals surface area contributed by atoms with Crippen molar-refractivity contribution in [3.63, 3.8) is 0 Å². The average Bonchev–Trinajstić information content (AvgIpc) is 3.17. The summed E-state index contributed by atoms with van der Waals surface area (Å²) in [6.45, 7) is 0. The predicted octanol–water partition coefficient (Wildman–Crippen LogP) is 5.46. The van der Waals surface area contributed by atoms with Gasteiger partial charge in [-0.15, -0.1) is 11.3 Å². The van der Waals surface area contributed by atoms with Crippen molar-refractivity contribution < 1.29 is 0 Å². The van der Waals surface area contributed by atoms with E-state index in [9.17, 15) is 0 Å².